The summed E-state index contributed by atoms with van der Waals surface area (Å²) in [6.07, 6.45) is 5.17. The zero-order valence-electron chi connectivity index (χ0n) is 10.8. The van der Waals surface area contributed by atoms with Crippen molar-refractivity contribution in [3.63, 3.8) is 0 Å². The summed E-state index contributed by atoms with van der Waals surface area (Å²) in [5, 5.41) is 9.94. The van der Waals surface area contributed by atoms with Gasteiger partial charge in [0.05, 0.1) is 12.6 Å². The topological polar surface area (TPSA) is 49.2 Å². The van der Waals surface area contributed by atoms with Gasteiger partial charge in [-0.25, -0.2) is 9.97 Å². The van der Waals surface area contributed by atoms with Crippen molar-refractivity contribution >= 4 is 17.4 Å². The number of aryl methyl sites for hydroxylation is 1. The average Bonchev–Trinajstić information content (AvgIpc) is 2.38. The Labute approximate surface area is 113 Å². The number of piperidine rings is 1. The number of rotatable bonds is 4. The number of hydrogen-bond acceptors (Lipinski definition) is 4. The fourth-order valence-corrected chi connectivity index (χ4v) is 2.62. The van der Waals surface area contributed by atoms with Crippen LogP contribution in [0.4, 0.5) is 5.82 Å². The summed E-state index contributed by atoms with van der Waals surface area (Å²) in [6.45, 7) is 3.20. The van der Waals surface area contributed by atoms with Crippen LogP contribution in [0.5, 0.6) is 0 Å². The molecule has 0 spiro atoms. The molecule has 1 aromatic rings. The van der Waals surface area contributed by atoms with Crippen LogP contribution in [0.15, 0.2) is 6.07 Å². The zero-order valence-corrected chi connectivity index (χ0v) is 11.5. The molecule has 0 bridgehead atoms. The summed E-state index contributed by atoms with van der Waals surface area (Å²) >= 11 is 6.06. The van der Waals surface area contributed by atoms with Crippen molar-refractivity contribution in [1.82, 2.24) is 9.97 Å². The third-order valence-corrected chi connectivity index (χ3v) is 3.53. The second-order valence-electron chi connectivity index (χ2n) is 4.74. The summed E-state index contributed by atoms with van der Waals surface area (Å²) < 4.78 is 0. The number of halogens is 1. The van der Waals surface area contributed by atoms with E-state index in [1.165, 1.54) is 6.42 Å². The molecule has 100 valence electrons. The Morgan fingerprint density at radius 2 is 2.28 bits per heavy atom. The Bertz CT molecular complexity index is 400. The lowest BCUT2D eigenvalue weighted by molar-refractivity contribution is 0.239. The van der Waals surface area contributed by atoms with Crippen molar-refractivity contribution in [2.75, 3.05) is 18.1 Å². The smallest absolute Gasteiger partial charge is 0.134 e. The Morgan fingerprint density at radius 1 is 1.44 bits per heavy atom. The first-order valence-electron chi connectivity index (χ1n) is 6.65. The van der Waals surface area contributed by atoms with E-state index in [4.69, 9.17) is 11.6 Å². The van der Waals surface area contributed by atoms with E-state index in [0.717, 1.165) is 43.9 Å². The molecule has 1 saturated heterocycles. The summed E-state index contributed by atoms with van der Waals surface area (Å²) in [5.74, 6) is 1.65. The fraction of sp³-hybridized carbons (Fsp3) is 0.692. The zero-order chi connectivity index (χ0) is 13.0. The molecule has 0 radical (unpaired) electrons. The average molecular weight is 270 g/mol. The quantitative estimate of drug-likeness (QED) is 0.853. The molecule has 0 aromatic carbocycles. The van der Waals surface area contributed by atoms with Gasteiger partial charge in [0.15, 0.2) is 0 Å². The molecule has 1 N–H and O–H groups in total. The minimum atomic E-state index is 0.166. The molecule has 1 aliphatic rings. The van der Waals surface area contributed by atoms with Gasteiger partial charge in [0, 0.05) is 19.0 Å². The molecule has 5 heteroatoms. The molecule has 0 saturated carbocycles. The molecular weight excluding hydrogens is 250 g/mol. The summed E-state index contributed by atoms with van der Waals surface area (Å²) in [4.78, 5) is 11.0. The molecule has 0 aliphatic carbocycles. The number of aliphatic hydroxyl groups is 1. The lowest BCUT2D eigenvalue weighted by Crippen LogP contribution is -2.42. The van der Waals surface area contributed by atoms with Crippen LogP contribution >= 0.6 is 11.6 Å². The molecule has 0 amide bonds. The first-order chi connectivity index (χ1) is 8.74. The van der Waals surface area contributed by atoms with Gasteiger partial charge >= 0.3 is 0 Å². The molecule has 1 atom stereocenters. The second-order valence-corrected chi connectivity index (χ2v) is 5.13. The van der Waals surface area contributed by atoms with E-state index in [1.54, 1.807) is 6.07 Å². The highest BCUT2D eigenvalue weighted by atomic mass is 35.5. The Hall–Kier alpha value is -0.870. The van der Waals surface area contributed by atoms with Crippen LogP contribution < -0.4 is 4.90 Å². The van der Waals surface area contributed by atoms with Gasteiger partial charge in [0.2, 0.25) is 0 Å². The van der Waals surface area contributed by atoms with E-state index in [-0.39, 0.29) is 12.6 Å². The molecule has 2 rings (SSSR count). The maximum absolute atomic E-state index is 9.45. The van der Waals surface area contributed by atoms with Gasteiger partial charge in [-0.05, 0) is 25.7 Å². The molecule has 1 aliphatic heterocycles. The highest BCUT2D eigenvalue weighted by Gasteiger charge is 2.23. The van der Waals surface area contributed by atoms with Crippen molar-refractivity contribution in [3.8, 4) is 0 Å². The first kappa shape index (κ1) is 13.6. The number of anilines is 1. The van der Waals surface area contributed by atoms with Crippen LogP contribution in [0, 0.1) is 0 Å². The van der Waals surface area contributed by atoms with Gasteiger partial charge in [-0.3, -0.25) is 0 Å². The normalized spacial score (nSPS) is 20.2. The van der Waals surface area contributed by atoms with Gasteiger partial charge in [0.25, 0.3) is 0 Å². The van der Waals surface area contributed by atoms with Gasteiger partial charge in [-0.1, -0.05) is 18.5 Å². The monoisotopic (exact) mass is 269 g/mol. The summed E-state index contributed by atoms with van der Waals surface area (Å²) in [7, 11) is 0. The van der Waals surface area contributed by atoms with Gasteiger partial charge in [0.1, 0.15) is 16.8 Å². The van der Waals surface area contributed by atoms with E-state index < -0.39 is 0 Å². The van der Waals surface area contributed by atoms with Crippen molar-refractivity contribution in [2.45, 2.75) is 45.1 Å². The van der Waals surface area contributed by atoms with Crippen molar-refractivity contribution < 1.29 is 5.11 Å². The number of hydrogen-bond donors (Lipinski definition) is 1. The van der Waals surface area contributed by atoms with E-state index in [0.29, 0.717) is 5.15 Å². The molecule has 18 heavy (non-hydrogen) atoms. The molecule has 1 unspecified atom stereocenters. The lowest BCUT2D eigenvalue weighted by atomic mass is 10.0. The first-order valence-corrected chi connectivity index (χ1v) is 7.03. The summed E-state index contributed by atoms with van der Waals surface area (Å²) in [5.41, 5.74) is 0. The van der Waals surface area contributed by atoms with E-state index in [2.05, 4.69) is 21.8 Å². The van der Waals surface area contributed by atoms with Gasteiger partial charge in [-0.15, -0.1) is 0 Å². The number of nitrogens with zero attached hydrogens (tertiary/aromatic N) is 3. The Morgan fingerprint density at radius 3 is 3.00 bits per heavy atom. The minimum Gasteiger partial charge on any atom is -0.394 e. The van der Waals surface area contributed by atoms with E-state index in [1.807, 2.05) is 0 Å². The predicted molar refractivity (Wildman–Crippen MR) is 73.1 cm³/mol. The summed E-state index contributed by atoms with van der Waals surface area (Å²) in [6, 6.07) is 1.97. The number of aliphatic hydroxyl groups excluding tert-OH is 1. The lowest BCUT2D eigenvalue weighted by Gasteiger charge is -2.35. The van der Waals surface area contributed by atoms with Gasteiger partial charge < -0.3 is 10.0 Å². The van der Waals surface area contributed by atoms with Crippen LogP contribution in [0.25, 0.3) is 0 Å². The Kier molecular flexibility index (Phi) is 4.78. The maximum Gasteiger partial charge on any atom is 0.134 e. The van der Waals surface area contributed by atoms with Crippen LogP contribution in [-0.4, -0.2) is 34.3 Å². The van der Waals surface area contributed by atoms with Crippen molar-refractivity contribution in [2.24, 2.45) is 0 Å². The van der Waals surface area contributed by atoms with Crippen LogP contribution in [0.2, 0.25) is 5.15 Å². The predicted octanol–water partition coefficient (Wildman–Crippen LogP) is 2.43. The highest BCUT2D eigenvalue weighted by Crippen LogP contribution is 2.25. The fourth-order valence-electron chi connectivity index (χ4n) is 2.43. The standard InChI is InChI=1S/C13H20ClN3O/c1-2-5-12-15-11(14)8-13(16-12)17-7-4-3-6-10(17)9-18/h8,10,18H,2-7,9H2,1H3. The second kappa shape index (κ2) is 6.34. The maximum atomic E-state index is 9.45. The van der Waals surface area contributed by atoms with Crippen LogP contribution in [0.1, 0.15) is 38.4 Å². The molecule has 1 aromatic heterocycles. The molecule has 4 nitrogen and oxygen atoms in total. The molecule has 2 heterocycles. The SMILES string of the molecule is CCCc1nc(Cl)cc(N2CCCCC2CO)n1. The molecular formula is C13H20ClN3O. The highest BCUT2D eigenvalue weighted by molar-refractivity contribution is 6.29. The van der Waals surface area contributed by atoms with E-state index >= 15 is 0 Å². The van der Waals surface area contributed by atoms with Crippen LogP contribution in [-0.2, 0) is 6.42 Å². The third kappa shape index (κ3) is 3.12. The van der Waals surface area contributed by atoms with Gasteiger partial charge in [-0.2, -0.15) is 0 Å². The number of aromatic nitrogens is 2. The van der Waals surface area contributed by atoms with Crippen molar-refractivity contribution in [1.29, 1.82) is 0 Å². The minimum absolute atomic E-state index is 0.166. The third-order valence-electron chi connectivity index (χ3n) is 3.33. The Balaban J connectivity index is 2.24. The van der Waals surface area contributed by atoms with Crippen LogP contribution in [0.3, 0.4) is 0 Å². The van der Waals surface area contributed by atoms with Crippen molar-refractivity contribution in [3.05, 3.63) is 17.0 Å². The largest absolute Gasteiger partial charge is 0.394 e. The molecule has 1 fully saturated rings. The van der Waals surface area contributed by atoms with E-state index in [9.17, 15) is 5.11 Å².